The molecule has 1 aliphatic carbocycles. The first kappa shape index (κ1) is 13.3. The highest BCUT2D eigenvalue weighted by Crippen LogP contribution is 2.29. The van der Waals surface area contributed by atoms with E-state index in [0.717, 1.165) is 0 Å². The van der Waals surface area contributed by atoms with Gasteiger partial charge in [-0.2, -0.15) is 0 Å². The van der Waals surface area contributed by atoms with E-state index in [0.29, 0.717) is 25.7 Å². The second kappa shape index (κ2) is 5.25. The molecule has 0 aliphatic heterocycles. The molecule has 1 aromatic rings. The molecule has 0 unspecified atom stereocenters. The molecule has 0 saturated heterocycles. The Morgan fingerprint density at radius 2 is 2.16 bits per heavy atom. The summed E-state index contributed by atoms with van der Waals surface area (Å²) in [7, 11) is 1.62. The summed E-state index contributed by atoms with van der Waals surface area (Å²) in [5.41, 5.74) is -0.0529. The van der Waals surface area contributed by atoms with E-state index < -0.39 is 10.9 Å². The van der Waals surface area contributed by atoms with Crippen molar-refractivity contribution < 1.29 is 14.8 Å². The van der Waals surface area contributed by atoms with Crippen molar-refractivity contribution in [3.8, 4) is 0 Å². The van der Waals surface area contributed by atoms with Crippen molar-refractivity contribution >= 4 is 17.5 Å². The molecule has 1 heterocycles. The average Bonchev–Trinajstić information content (AvgIpc) is 2.71. The average molecular weight is 268 g/mol. The van der Waals surface area contributed by atoms with Crippen LogP contribution >= 0.6 is 0 Å². The molecule has 104 valence electrons. The fourth-order valence-electron chi connectivity index (χ4n) is 2.39. The number of carbonyl (C=O) groups is 1. The zero-order valence-corrected chi connectivity index (χ0v) is 10.6. The number of hydrogen-bond donors (Lipinski definition) is 2. The number of nitrogens with one attached hydrogen (secondary N) is 1. The molecule has 1 aromatic heterocycles. The molecular weight excluding hydrogens is 252 g/mol. The van der Waals surface area contributed by atoms with Crippen LogP contribution in [0.1, 0.15) is 25.7 Å². The van der Waals surface area contributed by atoms with Crippen LogP contribution in [-0.2, 0) is 11.8 Å². The highest BCUT2D eigenvalue weighted by atomic mass is 16.6. The molecule has 1 saturated carbocycles. The lowest BCUT2D eigenvalue weighted by Gasteiger charge is -2.26. The third-order valence-electron chi connectivity index (χ3n) is 3.42. The number of aryl methyl sites for hydroxylation is 1. The molecule has 2 N–H and O–H groups in total. The number of nitrogens with zero attached hydrogens (tertiary/aromatic N) is 3. The number of aliphatic carboxylic acids is 1. The highest BCUT2D eigenvalue weighted by Gasteiger charge is 2.28. The predicted octanol–water partition coefficient (Wildman–Crippen LogP) is 1.38. The first-order valence-corrected chi connectivity index (χ1v) is 6.14. The smallest absolute Gasteiger partial charge is 0.330 e. The molecule has 19 heavy (non-hydrogen) atoms. The highest BCUT2D eigenvalue weighted by molar-refractivity contribution is 5.70. The first-order valence-electron chi connectivity index (χ1n) is 6.14. The van der Waals surface area contributed by atoms with Gasteiger partial charge >= 0.3 is 11.7 Å². The number of rotatable bonds is 4. The summed E-state index contributed by atoms with van der Waals surface area (Å²) in [6.45, 7) is 0. The van der Waals surface area contributed by atoms with Crippen LogP contribution < -0.4 is 5.32 Å². The summed E-state index contributed by atoms with van der Waals surface area (Å²) in [6, 6.07) is 0.0456. The Morgan fingerprint density at radius 1 is 1.53 bits per heavy atom. The maximum absolute atomic E-state index is 10.9. The van der Waals surface area contributed by atoms with Gasteiger partial charge in [0, 0.05) is 13.1 Å². The molecule has 2 rings (SSSR count). The van der Waals surface area contributed by atoms with Crippen LogP contribution in [0.15, 0.2) is 6.20 Å². The number of nitro groups is 1. The molecule has 0 aromatic carbocycles. The van der Waals surface area contributed by atoms with Crippen molar-refractivity contribution in [2.75, 3.05) is 5.32 Å². The Bertz CT molecular complexity index is 491. The number of hydrogen-bond acceptors (Lipinski definition) is 5. The van der Waals surface area contributed by atoms with Crippen molar-refractivity contribution in [2.24, 2.45) is 13.0 Å². The first-order chi connectivity index (χ1) is 8.97. The predicted molar refractivity (Wildman–Crippen MR) is 66.9 cm³/mol. The third kappa shape index (κ3) is 3.01. The fraction of sp³-hybridized carbons (Fsp3) is 0.636. The van der Waals surface area contributed by atoms with Crippen LogP contribution in [0.4, 0.5) is 11.5 Å². The Hall–Kier alpha value is -2.12. The molecule has 8 heteroatoms. The zero-order chi connectivity index (χ0) is 14.0. The van der Waals surface area contributed by atoms with Gasteiger partial charge in [-0.05, 0) is 25.7 Å². The lowest BCUT2D eigenvalue weighted by atomic mass is 9.86. The van der Waals surface area contributed by atoms with E-state index in [2.05, 4.69) is 10.4 Å². The van der Waals surface area contributed by atoms with Crippen LogP contribution in [0.3, 0.4) is 0 Å². The molecule has 1 aliphatic rings. The lowest BCUT2D eigenvalue weighted by molar-refractivity contribution is -0.384. The molecule has 0 spiro atoms. The van der Waals surface area contributed by atoms with E-state index in [1.807, 2.05) is 0 Å². The second-order valence-electron chi connectivity index (χ2n) is 4.82. The summed E-state index contributed by atoms with van der Waals surface area (Å²) in [5.74, 6) is -0.801. The molecule has 0 bridgehead atoms. The van der Waals surface area contributed by atoms with Gasteiger partial charge in [0.1, 0.15) is 6.20 Å². The molecule has 1 fully saturated rings. The van der Waals surface area contributed by atoms with Gasteiger partial charge in [-0.15, -0.1) is 5.10 Å². The van der Waals surface area contributed by atoms with Gasteiger partial charge in [0.2, 0.25) is 5.82 Å². The zero-order valence-electron chi connectivity index (χ0n) is 10.6. The number of carboxylic acids is 1. The minimum absolute atomic E-state index is 0.0456. The summed E-state index contributed by atoms with van der Waals surface area (Å²) in [6.07, 6.45) is 3.90. The number of anilines is 1. The van der Waals surface area contributed by atoms with Crippen molar-refractivity contribution in [1.82, 2.24) is 9.78 Å². The van der Waals surface area contributed by atoms with E-state index in [4.69, 9.17) is 5.11 Å². The minimum Gasteiger partial charge on any atom is -0.481 e. The van der Waals surface area contributed by atoms with Crippen LogP contribution in [-0.4, -0.2) is 31.8 Å². The van der Waals surface area contributed by atoms with Crippen molar-refractivity contribution in [3.05, 3.63) is 16.3 Å². The monoisotopic (exact) mass is 268 g/mol. The van der Waals surface area contributed by atoms with Crippen LogP contribution in [0.25, 0.3) is 0 Å². The summed E-state index contributed by atoms with van der Waals surface area (Å²) >= 11 is 0. The molecular formula is C11H16N4O4. The van der Waals surface area contributed by atoms with Gasteiger partial charge in [0.15, 0.2) is 0 Å². The molecule has 0 amide bonds. The van der Waals surface area contributed by atoms with Gasteiger partial charge in [-0.1, -0.05) is 0 Å². The van der Waals surface area contributed by atoms with Crippen LogP contribution in [0, 0.1) is 16.0 Å². The van der Waals surface area contributed by atoms with Gasteiger partial charge in [0.05, 0.1) is 10.8 Å². The van der Waals surface area contributed by atoms with Gasteiger partial charge in [-0.3, -0.25) is 19.6 Å². The van der Waals surface area contributed by atoms with Gasteiger partial charge in [0.25, 0.3) is 0 Å². The van der Waals surface area contributed by atoms with Crippen molar-refractivity contribution in [1.29, 1.82) is 0 Å². The van der Waals surface area contributed by atoms with Gasteiger partial charge in [-0.25, -0.2) is 0 Å². The normalized spacial score (nSPS) is 23.0. The largest absolute Gasteiger partial charge is 0.481 e. The van der Waals surface area contributed by atoms with E-state index in [1.54, 1.807) is 7.05 Å². The quantitative estimate of drug-likeness (QED) is 0.630. The fourth-order valence-corrected chi connectivity index (χ4v) is 2.39. The summed E-state index contributed by atoms with van der Waals surface area (Å²) < 4.78 is 1.39. The van der Waals surface area contributed by atoms with E-state index in [-0.39, 0.29) is 23.5 Å². The van der Waals surface area contributed by atoms with E-state index in [1.165, 1.54) is 10.9 Å². The standard InChI is InChI=1S/C11H16N4O4/c1-14-6-9(15(18)19)10(13-14)12-8-4-2-7(3-5-8)11(16)17/h6-8H,2-5H2,1H3,(H,12,13)(H,16,17). The van der Waals surface area contributed by atoms with Crippen LogP contribution in [0.5, 0.6) is 0 Å². The Labute approximate surface area is 109 Å². The maximum atomic E-state index is 10.9. The SMILES string of the molecule is Cn1cc([N+](=O)[O-])c(NC2CCC(C(=O)O)CC2)n1. The second-order valence-corrected chi connectivity index (χ2v) is 4.82. The molecule has 0 atom stereocenters. The summed E-state index contributed by atoms with van der Waals surface area (Å²) in [4.78, 5) is 21.2. The van der Waals surface area contributed by atoms with E-state index in [9.17, 15) is 14.9 Å². The Morgan fingerprint density at radius 3 is 2.68 bits per heavy atom. The van der Waals surface area contributed by atoms with E-state index >= 15 is 0 Å². The Balaban J connectivity index is 1.99. The lowest BCUT2D eigenvalue weighted by Crippen LogP contribution is -2.29. The maximum Gasteiger partial charge on any atom is 0.330 e. The molecule has 8 nitrogen and oxygen atoms in total. The topological polar surface area (TPSA) is 110 Å². The number of carboxylic acid groups (broad SMARTS) is 1. The van der Waals surface area contributed by atoms with Crippen molar-refractivity contribution in [3.63, 3.8) is 0 Å². The van der Waals surface area contributed by atoms with Crippen molar-refractivity contribution in [2.45, 2.75) is 31.7 Å². The van der Waals surface area contributed by atoms with Gasteiger partial charge < -0.3 is 10.4 Å². The number of aromatic nitrogens is 2. The Kier molecular flexibility index (Phi) is 3.68. The summed E-state index contributed by atoms with van der Waals surface area (Å²) in [5, 5.41) is 26.8. The third-order valence-corrected chi connectivity index (χ3v) is 3.42. The molecule has 0 radical (unpaired) electrons. The van der Waals surface area contributed by atoms with Crippen LogP contribution in [0.2, 0.25) is 0 Å². The minimum atomic E-state index is -0.762.